The van der Waals surface area contributed by atoms with Crippen molar-refractivity contribution < 1.29 is 23.0 Å². The first kappa shape index (κ1) is 21.1. The summed E-state index contributed by atoms with van der Waals surface area (Å²) in [4.78, 5) is 10.5. The second-order valence-electron chi connectivity index (χ2n) is 7.42. The average molecular weight is 437 g/mol. The predicted molar refractivity (Wildman–Crippen MR) is 105 cm³/mol. The van der Waals surface area contributed by atoms with Gasteiger partial charge in [0.1, 0.15) is 5.56 Å². The van der Waals surface area contributed by atoms with E-state index in [9.17, 15) is 23.5 Å². The predicted octanol–water partition coefficient (Wildman–Crippen LogP) is 2.13. The largest absolute Gasteiger partial charge is 0.619 e. The molecule has 0 radical (unpaired) electrons. The van der Waals surface area contributed by atoms with Crippen LogP contribution in [0.15, 0.2) is 30.7 Å². The zero-order valence-corrected chi connectivity index (χ0v) is 16.6. The molecule has 0 spiro atoms. The zero-order chi connectivity index (χ0) is 22.0. The smallest absolute Gasteiger partial charge is 0.421 e. The highest BCUT2D eigenvalue weighted by atomic mass is 19.4. The van der Waals surface area contributed by atoms with Crippen LogP contribution >= 0.6 is 0 Å². The fourth-order valence-electron chi connectivity index (χ4n) is 3.81. The number of aliphatic hydroxyl groups is 1. The number of alkyl halides is 3. The fourth-order valence-corrected chi connectivity index (χ4v) is 3.81. The van der Waals surface area contributed by atoms with Crippen molar-refractivity contribution in [2.75, 3.05) is 23.4 Å². The Morgan fingerprint density at radius 3 is 2.87 bits per heavy atom. The quantitative estimate of drug-likeness (QED) is 0.450. The Morgan fingerprint density at radius 2 is 2.13 bits per heavy atom. The summed E-state index contributed by atoms with van der Waals surface area (Å²) < 4.78 is 42.3. The standard InChI is InChI=1S/C19H22F3N7O2/c20-19(21,22)15-11-24-29-16(15)25-18(28-8-2-1-5-14(28)6-9-30)26-17(29)23-10-13-4-3-7-27(31)12-13/h3-4,7,11-12,14,30H,1-2,5-6,8-10H2,(H,23,25,26)/t14-/m0/s1. The van der Waals surface area contributed by atoms with Gasteiger partial charge in [-0.1, -0.05) is 0 Å². The fraction of sp³-hybridized carbons (Fsp3) is 0.474. The van der Waals surface area contributed by atoms with E-state index in [2.05, 4.69) is 20.4 Å². The third-order valence-electron chi connectivity index (χ3n) is 5.29. The van der Waals surface area contributed by atoms with E-state index in [1.54, 1.807) is 12.1 Å². The summed E-state index contributed by atoms with van der Waals surface area (Å²) in [6.07, 6.45) is 1.92. The molecule has 4 rings (SSSR count). The SMILES string of the molecule is [O-][n+]1cccc(CNc2nc(N3CCCC[C@H]3CCO)nc3c(C(F)(F)F)cnn23)c1. The Hall–Kier alpha value is -3.15. The van der Waals surface area contributed by atoms with E-state index >= 15 is 0 Å². The molecule has 2 N–H and O–H groups in total. The second-order valence-corrected chi connectivity index (χ2v) is 7.42. The molecule has 1 atom stereocenters. The molecule has 0 saturated carbocycles. The van der Waals surface area contributed by atoms with Crippen molar-refractivity contribution in [3.8, 4) is 0 Å². The molecule has 4 heterocycles. The van der Waals surface area contributed by atoms with Crippen LogP contribution in [0.2, 0.25) is 0 Å². The molecule has 12 heteroatoms. The van der Waals surface area contributed by atoms with E-state index in [4.69, 9.17) is 0 Å². The van der Waals surface area contributed by atoms with Crippen LogP contribution in [0.1, 0.15) is 36.8 Å². The maximum absolute atomic E-state index is 13.5. The first-order chi connectivity index (χ1) is 14.9. The molecule has 166 valence electrons. The van der Waals surface area contributed by atoms with E-state index in [0.717, 1.165) is 30.0 Å². The van der Waals surface area contributed by atoms with Gasteiger partial charge in [-0.2, -0.15) is 37.5 Å². The van der Waals surface area contributed by atoms with Gasteiger partial charge in [0.05, 0.1) is 6.20 Å². The van der Waals surface area contributed by atoms with Crippen molar-refractivity contribution in [3.63, 3.8) is 0 Å². The van der Waals surface area contributed by atoms with Crippen molar-refractivity contribution >= 4 is 17.5 Å². The number of rotatable bonds is 6. The van der Waals surface area contributed by atoms with E-state index in [1.165, 1.54) is 12.4 Å². The highest BCUT2D eigenvalue weighted by molar-refractivity contribution is 5.56. The molecule has 1 saturated heterocycles. The molecule has 9 nitrogen and oxygen atoms in total. The molecular formula is C19H22F3N7O2. The molecule has 1 aliphatic heterocycles. The van der Waals surface area contributed by atoms with E-state index in [0.29, 0.717) is 23.3 Å². The lowest BCUT2D eigenvalue weighted by Crippen LogP contribution is -2.41. The highest BCUT2D eigenvalue weighted by Crippen LogP contribution is 2.34. The molecule has 0 unspecified atom stereocenters. The molecule has 0 aromatic carbocycles. The summed E-state index contributed by atoms with van der Waals surface area (Å²) in [5, 5.41) is 27.7. The molecule has 3 aromatic heterocycles. The third-order valence-corrected chi connectivity index (χ3v) is 5.29. The van der Waals surface area contributed by atoms with Gasteiger partial charge in [-0.05, 0) is 31.7 Å². The normalized spacial score (nSPS) is 17.3. The highest BCUT2D eigenvalue weighted by Gasteiger charge is 2.36. The van der Waals surface area contributed by atoms with Crippen LogP contribution in [0.25, 0.3) is 5.65 Å². The van der Waals surface area contributed by atoms with Crippen LogP contribution in [-0.2, 0) is 12.7 Å². The van der Waals surface area contributed by atoms with Gasteiger partial charge < -0.3 is 20.5 Å². The van der Waals surface area contributed by atoms with Crippen molar-refractivity contribution in [1.29, 1.82) is 0 Å². The lowest BCUT2D eigenvalue weighted by atomic mass is 10.0. The number of aliphatic hydroxyl groups excluding tert-OH is 1. The monoisotopic (exact) mass is 437 g/mol. The summed E-state index contributed by atoms with van der Waals surface area (Å²) >= 11 is 0. The van der Waals surface area contributed by atoms with Crippen LogP contribution in [0.3, 0.4) is 0 Å². The molecular weight excluding hydrogens is 415 g/mol. The Balaban J connectivity index is 1.75. The molecule has 0 amide bonds. The Morgan fingerprint density at radius 1 is 1.29 bits per heavy atom. The minimum atomic E-state index is -4.62. The molecule has 0 bridgehead atoms. The maximum atomic E-state index is 13.5. The number of nitrogens with zero attached hydrogens (tertiary/aromatic N) is 6. The summed E-state index contributed by atoms with van der Waals surface area (Å²) in [6.45, 7) is 0.721. The van der Waals surface area contributed by atoms with Crippen LogP contribution in [-0.4, -0.2) is 43.9 Å². The Kier molecular flexibility index (Phi) is 5.81. The van der Waals surface area contributed by atoms with Crippen molar-refractivity contribution in [2.24, 2.45) is 0 Å². The van der Waals surface area contributed by atoms with Gasteiger partial charge in [-0.25, -0.2) is 0 Å². The number of hydrogen-bond donors (Lipinski definition) is 2. The maximum Gasteiger partial charge on any atom is 0.421 e. The average Bonchev–Trinajstić information content (AvgIpc) is 3.17. The number of nitrogens with one attached hydrogen (secondary N) is 1. The summed E-state index contributed by atoms with van der Waals surface area (Å²) in [7, 11) is 0. The second kappa shape index (κ2) is 8.53. The number of aromatic nitrogens is 5. The summed E-state index contributed by atoms with van der Waals surface area (Å²) in [5.74, 6) is 0.247. The molecule has 0 aliphatic carbocycles. The minimum absolute atomic E-state index is 0.0296. The van der Waals surface area contributed by atoms with Crippen molar-refractivity contribution in [1.82, 2.24) is 19.6 Å². The van der Waals surface area contributed by atoms with Crippen LogP contribution in [0.5, 0.6) is 0 Å². The number of piperidine rings is 1. The number of halogens is 3. The first-order valence-corrected chi connectivity index (χ1v) is 9.99. The van der Waals surface area contributed by atoms with Gasteiger partial charge in [0.25, 0.3) is 0 Å². The molecule has 1 aliphatic rings. The minimum Gasteiger partial charge on any atom is -0.619 e. The van der Waals surface area contributed by atoms with E-state index < -0.39 is 11.7 Å². The number of fused-ring (bicyclic) bond motifs is 1. The molecule has 31 heavy (non-hydrogen) atoms. The van der Waals surface area contributed by atoms with Gasteiger partial charge in [-0.3, -0.25) is 0 Å². The van der Waals surface area contributed by atoms with Crippen molar-refractivity contribution in [3.05, 3.63) is 47.1 Å². The van der Waals surface area contributed by atoms with Crippen LogP contribution in [0, 0.1) is 5.21 Å². The van der Waals surface area contributed by atoms with Gasteiger partial charge >= 0.3 is 6.18 Å². The van der Waals surface area contributed by atoms with Gasteiger partial charge in [-0.15, -0.1) is 0 Å². The zero-order valence-electron chi connectivity index (χ0n) is 16.6. The summed E-state index contributed by atoms with van der Waals surface area (Å²) in [6, 6.07) is 3.24. The van der Waals surface area contributed by atoms with Gasteiger partial charge in [0.15, 0.2) is 18.0 Å². The topological polar surface area (TPSA) is 106 Å². The number of hydrogen-bond acceptors (Lipinski definition) is 7. The number of anilines is 2. The summed E-state index contributed by atoms with van der Waals surface area (Å²) in [5.41, 5.74) is -0.669. The lowest BCUT2D eigenvalue weighted by Gasteiger charge is -2.35. The van der Waals surface area contributed by atoms with E-state index in [-0.39, 0.29) is 36.7 Å². The van der Waals surface area contributed by atoms with Gasteiger partial charge in [0.2, 0.25) is 11.9 Å². The van der Waals surface area contributed by atoms with Crippen molar-refractivity contribution in [2.45, 2.75) is 44.4 Å². The first-order valence-electron chi connectivity index (χ1n) is 9.99. The Bertz CT molecular complexity index is 1050. The molecule has 3 aromatic rings. The molecule has 1 fully saturated rings. The van der Waals surface area contributed by atoms with E-state index in [1.807, 2.05) is 4.90 Å². The lowest BCUT2D eigenvalue weighted by molar-refractivity contribution is -0.605. The number of pyridine rings is 1. The Labute approximate surface area is 175 Å². The van der Waals surface area contributed by atoms with Gasteiger partial charge in [0, 0.05) is 37.4 Å². The third kappa shape index (κ3) is 4.48. The van der Waals surface area contributed by atoms with Crippen LogP contribution in [0.4, 0.5) is 25.1 Å². The van der Waals surface area contributed by atoms with Crippen LogP contribution < -0.4 is 14.9 Å².